The molecule has 1 aromatic carbocycles. The molecular weight excluding hydrogens is 375 g/mol. The molecule has 0 saturated carbocycles. The predicted molar refractivity (Wildman–Crippen MR) is 86.1 cm³/mol. The van der Waals surface area contributed by atoms with Crippen molar-refractivity contribution < 1.29 is 32.3 Å². The van der Waals surface area contributed by atoms with Crippen LogP contribution >= 0.6 is 11.5 Å². The van der Waals surface area contributed by atoms with Gasteiger partial charge in [0.15, 0.2) is 11.4 Å². The summed E-state index contributed by atoms with van der Waals surface area (Å²) in [6.45, 7) is 0. The number of benzene rings is 1. The van der Waals surface area contributed by atoms with Gasteiger partial charge < -0.3 is 4.74 Å². The van der Waals surface area contributed by atoms with Crippen LogP contribution in [0.5, 0.6) is 0 Å². The van der Waals surface area contributed by atoms with Gasteiger partial charge >= 0.3 is 24.2 Å². The number of carbonyl (C=O) groups excluding carboxylic acids is 3. The fourth-order valence-corrected chi connectivity index (χ4v) is 3.42. The Bertz CT molecular complexity index is 969. The van der Waals surface area contributed by atoms with Crippen LogP contribution in [0.15, 0.2) is 30.5 Å². The summed E-state index contributed by atoms with van der Waals surface area (Å²) >= 11 is 0.888. The molecule has 0 saturated heterocycles. The van der Waals surface area contributed by atoms with E-state index in [2.05, 4.69) is 9.11 Å². The smallest absolute Gasteiger partial charge is 0.464 e. The number of imide groups is 1. The van der Waals surface area contributed by atoms with E-state index in [9.17, 15) is 27.6 Å². The first-order valence-corrected chi connectivity index (χ1v) is 7.86. The van der Waals surface area contributed by atoms with Gasteiger partial charge in [-0.2, -0.15) is 4.37 Å². The highest BCUT2D eigenvalue weighted by molar-refractivity contribution is 7.13. The van der Waals surface area contributed by atoms with Crippen molar-refractivity contribution in [1.29, 1.82) is 0 Å². The van der Waals surface area contributed by atoms with Gasteiger partial charge in [0.25, 0.3) is 0 Å². The molecular formula is C15H11F3N3O4S+. The summed E-state index contributed by atoms with van der Waals surface area (Å²) in [6.07, 6.45) is -3.58. The Morgan fingerprint density at radius 1 is 1.31 bits per heavy atom. The summed E-state index contributed by atoms with van der Waals surface area (Å²) in [5.41, 5.74) is -0.822. The lowest BCUT2D eigenvalue weighted by Gasteiger charge is -2.36. The highest BCUT2D eigenvalue weighted by atomic mass is 32.1. The zero-order valence-corrected chi connectivity index (χ0v) is 14.2. The summed E-state index contributed by atoms with van der Waals surface area (Å²) in [5.74, 6) is -2.29. The molecule has 136 valence electrons. The molecule has 1 aromatic heterocycles. The standard InChI is InChI=1S/C15H11F3N3O4S/c1-20-6-5-11(22)21(14(20)24,15(16,17)18)8-3-4-10-9(7-8)12(19-26-10)13(23)25-2/h3-7H,1-2H3/q+1. The molecule has 0 bridgehead atoms. The second-order valence-electron chi connectivity index (χ2n) is 5.39. The van der Waals surface area contributed by atoms with Crippen molar-refractivity contribution in [3.63, 3.8) is 0 Å². The Hall–Kier alpha value is -2.79. The number of carbonyl (C=O) groups is 3. The number of hydrogen-bond donors (Lipinski definition) is 0. The van der Waals surface area contributed by atoms with Gasteiger partial charge in [-0.1, -0.05) is 0 Å². The quantitative estimate of drug-likeness (QED) is 0.451. The van der Waals surface area contributed by atoms with Crippen molar-refractivity contribution in [1.82, 2.24) is 13.8 Å². The van der Waals surface area contributed by atoms with Crippen LogP contribution in [0.1, 0.15) is 10.5 Å². The van der Waals surface area contributed by atoms with Crippen molar-refractivity contribution in [3.05, 3.63) is 36.2 Å². The first-order chi connectivity index (χ1) is 12.1. The van der Waals surface area contributed by atoms with Gasteiger partial charge in [0.1, 0.15) is 0 Å². The number of aromatic nitrogens is 1. The van der Waals surface area contributed by atoms with Crippen molar-refractivity contribution >= 4 is 45.2 Å². The molecule has 2 aromatic rings. The molecule has 0 fully saturated rings. The predicted octanol–water partition coefficient (Wildman–Crippen LogP) is 3.02. The van der Waals surface area contributed by atoms with Crippen LogP contribution in [0.3, 0.4) is 0 Å². The minimum Gasteiger partial charge on any atom is -0.464 e. The minimum absolute atomic E-state index is 0.0684. The normalized spacial score (nSPS) is 20.7. The zero-order valence-electron chi connectivity index (χ0n) is 13.4. The Balaban J connectivity index is 2.33. The van der Waals surface area contributed by atoms with Crippen LogP contribution in [0, 0.1) is 0 Å². The number of hydrogen-bond acceptors (Lipinski definition) is 6. The van der Waals surface area contributed by atoms with E-state index in [0.29, 0.717) is 15.7 Å². The van der Waals surface area contributed by atoms with Gasteiger partial charge in [0.05, 0.1) is 17.9 Å². The van der Waals surface area contributed by atoms with E-state index in [0.717, 1.165) is 44.0 Å². The summed E-state index contributed by atoms with van der Waals surface area (Å²) < 4.78 is 48.3. The van der Waals surface area contributed by atoms with Crippen molar-refractivity contribution in [2.75, 3.05) is 14.2 Å². The number of urea groups is 1. The summed E-state index contributed by atoms with van der Waals surface area (Å²) in [4.78, 5) is 37.2. The average molecular weight is 386 g/mol. The Kier molecular flexibility index (Phi) is 4.08. The van der Waals surface area contributed by atoms with Crippen molar-refractivity contribution in [3.8, 4) is 0 Å². The summed E-state index contributed by atoms with van der Waals surface area (Å²) in [6, 6.07) is 1.80. The lowest BCUT2D eigenvalue weighted by molar-refractivity contribution is -0.217. The van der Waals surface area contributed by atoms with Crippen LogP contribution in [-0.2, 0) is 9.53 Å². The number of fused-ring (bicyclic) bond motifs is 1. The molecule has 0 N–H and O–H groups in total. The van der Waals surface area contributed by atoms with E-state index in [1.165, 1.54) is 6.07 Å². The molecule has 1 unspecified atom stereocenters. The van der Waals surface area contributed by atoms with Crippen molar-refractivity contribution in [2.24, 2.45) is 0 Å². The Morgan fingerprint density at radius 2 is 2.00 bits per heavy atom. The van der Waals surface area contributed by atoms with Gasteiger partial charge in [-0.3, -0.25) is 4.90 Å². The van der Waals surface area contributed by atoms with E-state index >= 15 is 0 Å². The van der Waals surface area contributed by atoms with Gasteiger partial charge in [0, 0.05) is 30.8 Å². The maximum atomic E-state index is 14.0. The molecule has 7 nitrogen and oxygen atoms in total. The largest absolute Gasteiger partial charge is 0.582 e. The Labute approximate surface area is 148 Å². The maximum absolute atomic E-state index is 14.0. The lowest BCUT2D eigenvalue weighted by Crippen LogP contribution is -2.70. The molecule has 11 heteroatoms. The van der Waals surface area contributed by atoms with E-state index in [1.54, 1.807) is 0 Å². The molecule has 1 aliphatic heterocycles. The number of nitrogens with zero attached hydrogens (tertiary/aromatic N) is 3. The van der Waals surface area contributed by atoms with Gasteiger partial charge in [-0.25, -0.2) is 14.4 Å². The van der Waals surface area contributed by atoms with E-state index in [1.807, 2.05) is 0 Å². The highest BCUT2D eigenvalue weighted by Gasteiger charge is 2.69. The molecule has 0 spiro atoms. The number of methoxy groups -OCH3 is 1. The van der Waals surface area contributed by atoms with E-state index in [4.69, 9.17) is 0 Å². The molecule has 2 heterocycles. The van der Waals surface area contributed by atoms with Crippen LogP contribution in [0.25, 0.3) is 10.1 Å². The second kappa shape index (κ2) is 5.88. The topological polar surface area (TPSA) is 76.6 Å². The number of rotatable bonds is 2. The molecule has 0 aliphatic carbocycles. The fraction of sp³-hybridized carbons (Fsp3) is 0.200. The van der Waals surface area contributed by atoms with Crippen LogP contribution < -0.4 is 4.48 Å². The molecule has 0 radical (unpaired) electrons. The monoisotopic (exact) mass is 386 g/mol. The number of ether oxygens (including phenoxy) is 1. The van der Waals surface area contributed by atoms with Gasteiger partial charge in [0.2, 0.25) is 0 Å². The number of quaternary nitrogens is 1. The first-order valence-electron chi connectivity index (χ1n) is 7.09. The highest BCUT2D eigenvalue weighted by Crippen LogP contribution is 2.42. The van der Waals surface area contributed by atoms with E-state index in [-0.39, 0.29) is 11.1 Å². The number of alkyl halides is 3. The van der Waals surface area contributed by atoms with E-state index < -0.39 is 34.4 Å². The number of amides is 3. The van der Waals surface area contributed by atoms with Gasteiger partial charge in [-0.05, 0) is 22.1 Å². The van der Waals surface area contributed by atoms with Crippen LogP contribution in [-0.4, -0.2) is 47.6 Å². The van der Waals surface area contributed by atoms with Crippen LogP contribution in [0.2, 0.25) is 0 Å². The lowest BCUT2D eigenvalue weighted by atomic mass is 10.1. The third-order valence-electron chi connectivity index (χ3n) is 3.96. The number of esters is 1. The third kappa shape index (κ3) is 2.31. The number of halogens is 3. The molecule has 26 heavy (non-hydrogen) atoms. The molecule has 1 aliphatic rings. The maximum Gasteiger partial charge on any atom is 0.582 e. The molecule has 3 amide bonds. The SMILES string of the molecule is COC(=O)c1nsc2ccc([N+]3(C(F)(F)F)C(=O)C=CN(C)C3=O)cc12. The average Bonchev–Trinajstić information content (AvgIpc) is 3.00. The molecule has 3 rings (SSSR count). The fourth-order valence-electron chi connectivity index (χ4n) is 2.68. The van der Waals surface area contributed by atoms with Crippen LogP contribution in [0.4, 0.5) is 23.7 Å². The Morgan fingerprint density at radius 3 is 2.62 bits per heavy atom. The zero-order chi connectivity index (χ0) is 19.3. The summed E-state index contributed by atoms with van der Waals surface area (Å²) in [5, 5.41) is 0.0684. The molecule has 1 atom stereocenters. The minimum atomic E-state index is -5.24. The second-order valence-corrected chi connectivity index (χ2v) is 6.19. The van der Waals surface area contributed by atoms with Gasteiger partial charge in [-0.15, -0.1) is 13.2 Å². The van der Waals surface area contributed by atoms with Crippen molar-refractivity contribution in [2.45, 2.75) is 6.30 Å². The third-order valence-corrected chi connectivity index (χ3v) is 4.79. The summed E-state index contributed by atoms with van der Waals surface area (Å²) in [7, 11) is 2.23. The first kappa shape index (κ1) is 18.0.